The van der Waals surface area contributed by atoms with Gasteiger partial charge in [-0.15, -0.1) is 0 Å². The third kappa shape index (κ3) is 2.48. The molecule has 1 aliphatic rings. The van der Waals surface area contributed by atoms with Crippen molar-refractivity contribution < 1.29 is 5.11 Å². The minimum absolute atomic E-state index is 0.356. The molecule has 2 nitrogen and oxygen atoms in total. The highest BCUT2D eigenvalue weighted by Crippen LogP contribution is 2.12. The third-order valence-electron chi connectivity index (χ3n) is 2.85. The lowest BCUT2D eigenvalue weighted by Crippen LogP contribution is -2.21. The Morgan fingerprint density at radius 1 is 1.07 bits per heavy atom. The molecule has 1 aliphatic heterocycles. The van der Waals surface area contributed by atoms with Crippen LogP contribution in [0.25, 0.3) is 0 Å². The van der Waals surface area contributed by atoms with Crippen LogP contribution in [0.4, 0.5) is 0 Å². The summed E-state index contributed by atoms with van der Waals surface area (Å²) in [6.07, 6.45) is 3.81. The zero-order valence-corrected chi connectivity index (χ0v) is 8.45. The van der Waals surface area contributed by atoms with Crippen LogP contribution in [0.15, 0.2) is 24.3 Å². The number of hydrogen-bond donors (Lipinski definition) is 1. The van der Waals surface area contributed by atoms with E-state index in [4.69, 9.17) is 5.11 Å². The van der Waals surface area contributed by atoms with Gasteiger partial charge in [0.05, 0.1) is 0 Å². The molecule has 1 N–H and O–H groups in total. The summed E-state index contributed by atoms with van der Waals surface area (Å²) in [5, 5.41) is 9.13. The van der Waals surface area contributed by atoms with E-state index < -0.39 is 0 Å². The van der Waals surface area contributed by atoms with E-state index >= 15 is 0 Å². The summed E-state index contributed by atoms with van der Waals surface area (Å²) in [7, 11) is 0. The molecule has 1 saturated heterocycles. The van der Waals surface area contributed by atoms with E-state index in [0.717, 1.165) is 13.0 Å². The van der Waals surface area contributed by atoms with Gasteiger partial charge in [0.2, 0.25) is 0 Å². The highest BCUT2D eigenvalue weighted by atomic mass is 16.3. The Bertz CT molecular complexity index is 275. The lowest BCUT2D eigenvalue weighted by atomic mass is 10.1. The monoisotopic (exact) mass is 191 g/mol. The number of phenols is 1. The van der Waals surface area contributed by atoms with Gasteiger partial charge in [-0.2, -0.15) is 0 Å². The summed E-state index contributed by atoms with van der Waals surface area (Å²) in [4.78, 5) is 2.51. The molecule has 0 bridgehead atoms. The second-order valence-electron chi connectivity index (χ2n) is 3.97. The van der Waals surface area contributed by atoms with Gasteiger partial charge in [-0.25, -0.2) is 0 Å². The molecule has 14 heavy (non-hydrogen) atoms. The molecule has 1 heterocycles. The fraction of sp³-hybridized carbons (Fsp3) is 0.500. The van der Waals surface area contributed by atoms with Crippen LogP contribution in [0, 0.1) is 0 Å². The molecular weight excluding hydrogens is 174 g/mol. The molecule has 0 saturated carbocycles. The van der Waals surface area contributed by atoms with Gasteiger partial charge in [0.15, 0.2) is 0 Å². The van der Waals surface area contributed by atoms with E-state index in [1.807, 2.05) is 12.1 Å². The van der Waals surface area contributed by atoms with E-state index in [2.05, 4.69) is 4.90 Å². The Morgan fingerprint density at radius 3 is 2.36 bits per heavy atom. The smallest absolute Gasteiger partial charge is 0.115 e. The van der Waals surface area contributed by atoms with Crippen LogP contribution in [0.3, 0.4) is 0 Å². The van der Waals surface area contributed by atoms with E-state index in [0.29, 0.717) is 5.75 Å². The number of hydrogen-bond acceptors (Lipinski definition) is 2. The van der Waals surface area contributed by atoms with Crippen LogP contribution in [0.5, 0.6) is 5.75 Å². The Balaban J connectivity index is 1.82. The molecule has 0 atom stereocenters. The first kappa shape index (κ1) is 9.53. The average molecular weight is 191 g/mol. The molecule has 1 aromatic rings. The largest absolute Gasteiger partial charge is 0.508 e. The zero-order chi connectivity index (χ0) is 9.80. The molecule has 0 radical (unpaired) electrons. The Labute approximate surface area is 85.2 Å². The molecule has 76 valence electrons. The van der Waals surface area contributed by atoms with Crippen molar-refractivity contribution in [1.82, 2.24) is 4.90 Å². The van der Waals surface area contributed by atoms with Crippen molar-refractivity contribution >= 4 is 0 Å². The maximum Gasteiger partial charge on any atom is 0.115 e. The topological polar surface area (TPSA) is 23.5 Å². The van der Waals surface area contributed by atoms with E-state index in [1.165, 1.54) is 31.5 Å². The number of nitrogens with zero attached hydrogens (tertiary/aromatic N) is 1. The van der Waals surface area contributed by atoms with Crippen LogP contribution in [-0.2, 0) is 6.42 Å². The summed E-state index contributed by atoms with van der Waals surface area (Å²) >= 11 is 0. The minimum atomic E-state index is 0.356. The van der Waals surface area contributed by atoms with Crippen molar-refractivity contribution in [2.24, 2.45) is 0 Å². The van der Waals surface area contributed by atoms with Crippen LogP contribution in [0.1, 0.15) is 18.4 Å². The highest BCUT2D eigenvalue weighted by Gasteiger charge is 2.10. The normalized spacial score (nSPS) is 17.4. The second-order valence-corrected chi connectivity index (χ2v) is 3.97. The SMILES string of the molecule is Oc1ccc(CCN2CCCC2)cc1. The summed E-state index contributed by atoms with van der Waals surface area (Å²) in [6, 6.07) is 7.54. The average Bonchev–Trinajstić information content (AvgIpc) is 2.70. The molecule has 2 heteroatoms. The van der Waals surface area contributed by atoms with Crippen molar-refractivity contribution in [3.05, 3.63) is 29.8 Å². The van der Waals surface area contributed by atoms with Gasteiger partial charge in [-0.1, -0.05) is 12.1 Å². The second kappa shape index (κ2) is 4.47. The minimum Gasteiger partial charge on any atom is -0.508 e. The third-order valence-corrected chi connectivity index (χ3v) is 2.85. The van der Waals surface area contributed by atoms with E-state index in [1.54, 1.807) is 12.1 Å². The van der Waals surface area contributed by atoms with Gasteiger partial charge in [-0.3, -0.25) is 0 Å². The number of likely N-dealkylation sites (tertiary alicyclic amines) is 1. The molecule has 0 spiro atoms. The van der Waals surface area contributed by atoms with Gasteiger partial charge < -0.3 is 10.0 Å². The quantitative estimate of drug-likeness (QED) is 0.790. The maximum absolute atomic E-state index is 9.13. The Morgan fingerprint density at radius 2 is 1.71 bits per heavy atom. The highest BCUT2D eigenvalue weighted by molar-refractivity contribution is 5.25. The number of benzene rings is 1. The molecule has 1 fully saturated rings. The van der Waals surface area contributed by atoms with Gasteiger partial charge in [0.25, 0.3) is 0 Å². The lowest BCUT2D eigenvalue weighted by molar-refractivity contribution is 0.343. The summed E-state index contributed by atoms with van der Waals surface area (Å²) in [5.41, 5.74) is 1.31. The Kier molecular flexibility index (Phi) is 3.04. The maximum atomic E-state index is 9.13. The number of aromatic hydroxyl groups is 1. The van der Waals surface area contributed by atoms with E-state index in [-0.39, 0.29) is 0 Å². The first-order valence-electron chi connectivity index (χ1n) is 5.35. The molecular formula is C12H17NO. The van der Waals surface area contributed by atoms with Crippen LogP contribution in [0.2, 0.25) is 0 Å². The molecule has 1 aromatic carbocycles. The van der Waals surface area contributed by atoms with Crippen LogP contribution in [-0.4, -0.2) is 29.6 Å². The molecule has 0 aromatic heterocycles. The molecule has 2 rings (SSSR count). The van der Waals surface area contributed by atoms with E-state index in [9.17, 15) is 0 Å². The van der Waals surface area contributed by atoms with Crippen molar-refractivity contribution in [2.75, 3.05) is 19.6 Å². The number of rotatable bonds is 3. The summed E-state index contributed by atoms with van der Waals surface area (Å²) < 4.78 is 0. The van der Waals surface area contributed by atoms with Crippen LogP contribution < -0.4 is 0 Å². The zero-order valence-electron chi connectivity index (χ0n) is 8.45. The molecule has 0 unspecified atom stereocenters. The van der Waals surface area contributed by atoms with Gasteiger partial charge in [-0.05, 0) is 50.0 Å². The predicted octanol–water partition coefficient (Wildman–Crippen LogP) is 2.03. The molecule has 0 aliphatic carbocycles. The molecule has 0 amide bonds. The Hall–Kier alpha value is -1.02. The van der Waals surface area contributed by atoms with Crippen molar-refractivity contribution in [3.8, 4) is 5.75 Å². The van der Waals surface area contributed by atoms with Crippen molar-refractivity contribution in [1.29, 1.82) is 0 Å². The lowest BCUT2D eigenvalue weighted by Gasteiger charge is -2.13. The summed E-state index contributed by atoms with van der Waals surface area (Å²) in [5.74, 6) is 0.356. The first-order valence-corrected chi connectivity index (χ1v) is 5.35. The fourth-order valence-corrected chi connectivity index (χ4v) is 1.96. The standard InChI is InChI=1S/C12H17NO/c14-12-5-3-11(4-6-12)7-10-13-8-1-2-9-13/h3-6,14H,1-2,7-10H2. The fourth-order valence-electron chi connectivity index (χ4n) is 1.96. The van der Waals surface area contributed by atoms with Gasteiger partial charge >= 0.3 is 0 Å². The van der Waals surface area contributed by atoms with Gasteiger partial charge in [0.1, 0.15) is 5.75 Å². The van der Waals surface area contributed by atoms with Crippen molar-refractivity contribution in [2.45, 2.75) is 19.3 Å². The summed E-state index contributed by atoms with van der Waals surface area (Å²) in [6.45, 7) is 3.68. The van der Waals surface area contributed by atoms with Crippen LogP contribution >= 0.6 is 0 Å². The first-order chi connectivity index (χ1) is 6.84. The van der Waals surface area contributed by atoms with Gasteiger partial charge in [0, 0.05) is 6.54 Å². The predicted molar refractivity (Wildman–Crippen MR) is 57.5 cm³/mol. The van der Waals surface area contributed by atoms with Crippen molar-refractivity contribution in [3.63, 3.8) is 0 Å². The number of phenolic OH excluding ortho intramolecular Hbond substituents is 1.